The zero-order valence-corrected chi connectivity index (χ0v) is 11.5. The van der Waals surface area contributed by atoms with Crippen LogP contribution < -0.4 is 0 Å². The lowest BCUT2D eigenvalue weighted by Gasteiger charge is -2.29. The van der Waals surface area contributed by atoms with E-state index in [1.54, 1.807) is 19.9 Å². The van der Waals surface area contributed by atoms with Crippen molar-refractivity contribution in [1.29, 1.82) is 0 Å². The van der Waals surface area contributed by atoms with Crippen LogP contribution in [0.3, 0.4) is 0 Å². The summed E-state index contributed by atoms with van der Waals surface area (Å²) in [6.45, 7) is 3.33. The van der Waals surface area contributed by atoms with E-state index < -0.39 is 11.6 Å². The van der Waals surface area contributed by atoms with Crippen LogP contribution in [0.15, 0.2) is 17.5 Å². The number of hydrogen-bond acceptors (Lipinski definition) is 5. The fourth-order valence-corrected chi connectivity index (χ4v) is 3.06. The average Bonchev–Trinajstić information content (AvgIpc) is 2.88. The van der Waals surface area contributed by atoms with Crippen LogP contribution in [-0.4, -0.2) is 41.3 Å². The Morgan fingerprint density at radius 2 is 2.00 bits per heavy atom. The van der Waals surface area contributed by atoms with Crippen molar-refractivity contribution < 1.29 is 19.4 Å². The fourth-order valence-electron chi connectivity index (χ4n) is 2.15. The lowest BCUT2D eigenvalue weighted by molar-refractivity contribution is -0.722. The molecule has 0 saturated heterocycles. The van der Waals surface area contributed by atoms with Crippen LogP contribution in [0.1, 0.15) is 18.7 Å². The summed E-state index contributed by atoms with van der Waals surface area (Å²) in [7, 11) is 2.54. The number of nitrogens with zero attached hydrogens (tertiary/aromatic N) is 2. The van der Waals surface area contributed by atoms with Crippen LogP contribution in [-0.2, 0) is 14.7 Å². The lowest BCUT2D eigenvalue weighted by Crippen LogP contribution is -2.56. The Kier molecular flexibility index (Phi) is 3.20. The average molecular weight is 271 g/mol. The molecule has 1 aromatic rings. The maximum Gasteiger partial charge on any atom is 0.495 e. The molecule has 1 aromatic heterocycles. The Labute approximate surface area is 109 Å². The van der Waals surface area contributed by atoms with Crippen LogP contribution in [0.4, 0.5) is 0 Å². The Bertz CT molecular complexity index is 465. The van der Waals surface area contributed by atoms with Gasteiger partial charge < -0.3 is 5.21 Å². The number of rotatable bonds is 3. The van der Waals surface area contributed by atoms with Gasteiger partial charge in [0, 0.05) is 14.2 Å². The summed E-state index contributed by atoms with van der Waals surface area (Å²) in [6, 6.07) is 1.66. The molecule has 18 heavy (non-hydrogen) atoms. The number of hydroxylamine groups is 3. The van der Waals surface area contributed by atoms with Crippen molar-refractivity contribution in [1.82, 2.24) is 5.06 Å². The topological polar surface area (TPSA) is 67.7 Å². The SMILES string of the molecule is COC1(OC)N([O])C(C)(C)C(c2cccs2)=[N+]1[O-]. The molecular weight excluding hydrogens is 256 g/mol. The minimum absolute atomic E-state index is 0.344. The summed E-state index contributed by atoms with van der Waals surface area (Å²) >= 11 is 1.39. The number of hydrogen-bond donors (Lipinski definition) is 0. The molecule has 6 nitrogen and oxygen atoms in total. The summed E-state index contributed by atoms with van der Waals surface area (Å²) in [5, 5.41) is 27.1. The van der Waals surface area contributed by atoms with E-state index in [-0.39, 0.29) is 0 Å². The third kappa shape index (κ3) is 1.52. The van der Waals surface area contributed by atoms with Crippen molar-refractivity contribution in [2.24, 2.45) is 0 Å². The molecule has 7 heteroatoms. The van der Waals surface area contributed by atoms with Crippen molar-refractivity contribution in [3.63, 3.8) is 0 Å². The summed E-state index contributed by atoms with van der Waals surface area (Å²) in [5.41, 5.74) is -0.685. The standard InChI is InChI=1S/C11H15N2O4S/c1-10(2)9(8-6-5-7-18-8)12(14)11(16-3,17-4)13(10)15/h5-7H,1-4H3. The van der Waals surface area contributed by atoms with E-state index in [2.05, 4.69) is 0 Å². The minimum atomic E-state index is -1.96. The van der Waals surface area contributed by atoms with Gasteiger partial charge >= 0.3 is 6.03 Å². The van der Waals surface area contributed by atoms with E-state index in [4.69, 9.17) is 9.47 Å². The van der Waals surface area contributed by atoms with Crippen LogP contribution in [0.25, 0.3) is 0 Å². The normalized spacial score (nSPS) is 22.7. The monoisotopic (exact) mass is 271 g/mol. The molecule has 0 N–H and O–H groups in total. The molecule has 2 heterocycles. The maximum atomic E-state index is 12.4. The van der Waals surface area contributed by atoms with Gasteiger partial charge in [-0.25, -0.2) is 0 Å². The molecule has 0 spiro atoms. The molecule has 0 saturated carbocycles. The van der Waals surface area contributed by atoms with Crippen molar-refractivity contribution in [2.75, 3.05) is 14.2 Å². The predicted octanol–water partition coefficient (Wildman–Crippen LogP) is 1.39. The van der Waals surface area contributed by atoms with E-state index >= 15 is 0 Å². The Morgan fingerprint density at radius 1 is 1.39 bits per heavy atom. The van der Waals surface area contributed by atoms with Gasteiger partial charge in [0.05, 0.1) is 4.88 Å². The van der Waals surface area contributed by atoms with E-state index in [1.165, 1.54) is 25.6 Å². The van der Waals surface area contributed by atoms with Gasteiger partial charge in [0.15, 0.2) is 0 Å². The number of methoxy groups -OCH3 is 2. The molecule has 0 aromatic carbocycles. The van der Waals surface area contributed by atoms with Crippen molar-refractivity contribution in [3.8, 4) is 0 Å². The van der Waals surface area contributed by atoms with Gasteiger partial charge in [0.2, 0.25) is 5.71 Å². The molecule has 1 radical (unpaired) electrons. The molecule has 99 valence electrons. The largest absolute Gasteiger partial charge is 0.618 e. The van der Waals surface area contributed by atoms with Gasteiger partial charge in [0.25, 0.3) is 0 Å². The molecular formula is C11H15N2O4S. The number of ether oxygens (including phenoxy) is 2. The first-order valence-electron chi connectivity index (χ1n) is 5.38. The minimum Gasteiger partial charge on any atom is -0.618 e. The Hall–Kier alpha value is -0.990. The van der Waals surface area contributed by atoms with Crippen molar-refractivity contribution in [3.05, 3.63) is 27.6 Å². The van der Waals surface area contributed by atoms with Crippen LogP contribution in [0.2, 0.25) is 0 Å². The molecule has 1 aliphatic rings. The van der Waals surface area contributed by atoms with Crippen molar-refractivity contribution >= 4 is 17.0 Å². The second-order valence-corrected chi connectivity index (χ2v) is 5.38. The van der Waals surface area contributed by atoms with Crippen LogP contribution >= 0.6 is 11.3 Å². The van der Waals surface area contributed by atoms with E-state index in [0.717, 1.165) is 4.88 Å². The quantitative estimate of drug-likeness (QED) is 0.473. The van der Waals surface area contributed by atoms with Crippen LogP contribution in [0, 0.1) is 5.21 Å². The lowest BCUT2D eigenvalue weighted by atomic mass is 9.98. The van der Waals surface area contributed by atoms with Gasteiger partial charge in [-0.1, -0.05) is 6.07 Å². The van der Waals surface area contributed by atoms with E-state index in [0.29, 0.717) is 15.5 Å². The Morgan fingerprint density at radius 3 is 2.39 bits per heavy atom. The van der Waals surface area contributed by atoms with E-state index in [9.17, 15) is 10.4 Å². The molecule has 0 unspecified atom stereocenters. The molecule has 1 aliphatic heterocycles. The highest BCUT2D eigenvalue weighted by molar-refractivity contribution is 7.12. The highest BCUT2D eigenvalue weighted by Gasteiger charge is 2.66. The molecule has 0 aliphatic carbocycles. The van der Waals surface area contributed by atoms with Gasteiger partial charge in [-0.3, -0.25) is 9.47 Å². The molecule has 0 atom stereocenters. The molecule has 0 fully saturated rings. The fraction of sp³-hybridized carbons (Fsp3) is 0.545. The first-order valence-corrected chi connectivity index (χ1v) is 6.26. The second-order valence-electron chi connectivity index (χ2n) is 4.43. The van der Waals surface area contributed by atoms with Gasteiger partial charge in [-0.05, 0) is 30.4 Å². The van der Waals surface area contributed by atoms with Crippen molar-refractivity contribution in [2.45, 2.75) is 25.4 Å². The zero-order valence-electron chi connectivity index (χ0n) is 10.7. The summed E-state index contributed by atoms with van der Waals surface area (Å²) in [4.78, 5) is 0.729. The predicted molar refractivity (Wildman–Crippen MR) is 65.4 cm³/mol. The first kappa shape index (κ1) is 13.4. The highest BCUT2D eigenvalue weighted by atomic mass is 32.1. The summed E-state index contributed by atoms with van der Waals surface area (Å²) in [5.74, 6) is 0. The first-order chi connectivity index (χ1) is 8.41. The second kappa shape index (κ2) is 4.29. The van der Waals surface area contributed by atoms with Gasteiger partial charge in [-0.2, -0.15) is 0 Å². The molecule has 0 bridgehead atoms. The van der Waals surface area contributed by atoms with Gasteiger partial charge in [-0.15, -0.1) is 21.3 Å². The third-order valence-corrected chi connectivity index (χ3v) is 3.97. The molecule has 0 amide bonds. The smallest absolute Gasteiger partial charge is 0.495 e. The maximum absolute atomic E-state index is 12.4. The highest BCUT2D eigenvalue weighted by Crippen LogP contribution is 2.37. The number of thiophene rings is 1. The van der Waals surface area contributed by atoms with Crippen LogP contribution in [0.5, 0.6) is 0 Å². The van der Waals surface area contributed by atoms with E-state index in [1.807, 2.05) is 11.4 Å². The summed E-state index contributed by atoms with van der Waals surface area (Å²) < 4.78 is 10.6. The Balaban J connectivity index is 2.64. The zero-order chi connectivity index (χ0) is 13.6. The third-order valence-electron chi connectivity index (χ3n) is 3.09. The summed E-state index contributed by atoms with van der Waals surface area (Å²) in [6.07, 6.45) is 0. The van der Waals surface area contributed by atoms with Gasteiger partial charge in [0.1, 0.15) is 5.54 Å². The molecule has 2 rings (SSSR count).